The van der Waals surface area contributed by atoms with Gasteiger partial charge in [0.15, 0.2) is 6.61 Å². The third-order valence-electron chi connectivity index (χ3n) is 4.39. The predicted octanol–water partition coefficient (Wildman–Crippen LogP) is 2.28. The van der Waals surface area contributed by atoms with E-state index in [4.69, 9.17) is 9.84 Å². The summed E-state index contributed by atoms with van der Waals surface area (Å²) in [5.41, 5.74) is 2.90. The number of benzene rings is 1. The molecule has 1 aliphatic carbocycles. The van der Waals surface area contributed by atoms with Crippen LogP contribution < -0.4 is 15.6 Å². The molecule has 0 bridgehead atoms. The number of carboxylic acids is 1. The molecule has 1 aromatic heterocycles. The fraction of sp³-hybridized carbons (Fsp3) is 0.316. The Kier molecular flexibility index (Phi) is 5.06. The van der Waals surface area contributed by atoms with Gasteiger partial charge in [0.05, 0.1) is 0 Å². The van der Waals surface area contributed by atoms with Crippen LogP contribution in [0.5, 0.6) is 5.75 Å². The highest BCUT2D eigenvalue weighted by Gasteiger charge is 2.17. The van der Waals surface area contributed by atoms with E-state index in [-0.39, 0.29) is 11.1 Å². The normalized spacial score (nSPS) is 13.0. The van der Waals surface area contributed by atoms with Crippen LogP contribution in [0.4, 0.5) is 5.69 Å². The fourth-order valence-electron chi connectivity index (χ4n) is 3.04. The lowest BCUT2D eigenvalue weighted by atomic mass is 9.95. The number of aryl methyl sites for hydroxylation is 3. The lowest BCUT2D eigenvalue weighted by molar-refractivity contribution is -0.139. The van der Waals surface area contributed by atoms with Gasteiger partial charge < -0.3 is 20.1 Å². The molecule has 7 heteroatoms. The first-order chi connectivity index (χ1) is 12.4. The molecular formula is C19H20N2O5. The van der Waals surface area contributed by atoms with Crippen molar-refractivity contribution < 1.29 is 19.4 Å². The number of nitrogens with one attached hydrogen (secondary N) is 2. The van der Waals surface area contributed by atoms with Gasteiger partial charge >= 0.3 is 5.97 Å². The Balaban J connectivity index is 1.78. The van der Waals surface area contributed by atoms with E-state index in [9.17, 15) is 14.4 Å². The number of aliphatic carboxylic acids is 1. The van der Waals surface area contributed by atoms with E-state index >= 15 is 0 Å². The van der Waals surface area contributed by atoms with E-state index in [1.54, 1.807) is 31.2 Å². The van der Waals surface area contributed by atoms with Crippen LogP contribution in [0, 0.1) is 6.92 Å². The van der Waals surface area contributed by atoms with Gasteiger partial charge in [-0.25, -0.2) is 4.79 Å². The first-order valence-corrected chi connectivity index (χ1v) is 8.45. The Morgan fingerprint density at radius 2 is 2.00 bits per heavy atom. The molecule has 136 valence electrons. The third-order valence-corrected chi connectivity index (χ3v) is 4.39. The molecule has 0 saturated heterocycles. The number of hydrogen-bond acceptors (Lipinski definition) is 4. The van der Waals surface area contributed by atoms with Crippen molar-refractivity contribution in [3.05, 3.63) is 57.0 Å². The Labute approximate surface area is 150 Å². The molecule has 3 rings (SSSR count). The molecule has 0 atom stereocenters. The average Bonchev–Trinajstić information content (AvgIpc) is 2.61. The molecule has 0 radical (unpaired) electrons. The smallest absolute Gasteiger partial charge is 0.341 e. The first kappa shape index (κ1) is 17.7. The lowest BCUT2D eigenvalue weighted by Gasteiger charge is -2.16. The molecule has 1 amide bonds. The van der Waals surface area contributed by atoms with E-state index in [0.29, 0.717) is 17.0 Å². The summed E-state index contributed by atoms with van der Waals surface area (Å²) in [6.45, 7) is 1.33. The van der Waals surface area contributed by atoms with Gasteiger partial charge in [-0.15, -0.1) is 0 Å². The molecule has 3 N–H and O–H groups in total. The second kappa shape index (κ2) is 7.43. The molecular weight excluding hydrogens is 336 g/mol. The number of carbonyl (C=O) groups is 2. The van der Waals surface area contributed by atoms with Crippen LogP contribution in [-0.4, -0.2) is 28.6 Å². The second-order valence-electron chi connectivity index (χ2n) is 6.34. The number of ether oxygens (including phenoxy) is 1. The number of hydrogen-bond donors (Lipinski definition) is 3. The van der Waals surface area contributed by atoms with Crippen molar-refractivity contribution in [2.75, 3.05) is 11.9 Å². The Hall–Kier alpha value is -3.09. The van der Waals surface area contributed by atoms with Crippen molar-refractivity contribution in [2.24, 2.45) is 0 Å². The Morgan fingerprint density at radius 3 is 2.73 bits per heavy atom. The van der Waals surface area contributed by atoms with Gasteiger partial charge in [0.25, 0.3) is 11.5 Å². The minimum Gasteiger partial charge on any atom is -0.482 e. The topological polar surface area (TPSA) is 108 Å². The second-order valence-corrected chi connectivity index (χ2v) is 6.34. The molecule has 0 fully saturated rings. The zero-order valence-electron chi connectivity index (χ0n) is 14.4. The largest absolute Gasteiger partial charge is 0.482 e. The summed E-state index contributed by atoms with van der Waals surface area (Å²) in [6, 6.07) is 6.51. The fourth-order valence-corrected chi connectivity index (χ4v) is 3.04. The lowest BCUT2D eigenvalue weighted by Crippen LogP contribution is -2.26. The summed E-state index contributed by atoms with van der Waals surface area (Å²) in [4.78, 5) is 38.1. The number of fused-ring (bicyclic) bond motifs is 1. The number of anilines is 1. The Morgan fingerprint density at radius 1 is 1.23 bits per heavy atom. The maximum Gasteiger partial charge on any atom is 0.341 e. The number of amides is 1. The Bertz CT molecular complexity index is 917. The molecule has 1 aromatic carbocycles. The number of rotatable bonds is 5. The molecule has 26 heavy (non-hydrogen) atoms. The van der Waals surface area contributed by atoms with Crippen molar-refractivity contribution in [1.29, 1.82) is 0 Å². The molecule has 1 aliphatic rings. The van der Waals surface area contributed by atoms with Gasteiger partial charge in [0, 0.05) is 11.4 Å². The predicted molar refractivity (Wildman–Crippen MR) is 96.0 cm³/mol. The van der Waals surface area contributed by atoms with Crippen molar-refractivity contribution in [1.82, 2.24) is 4.98 Å². The summed E-state index contributed by atoms with van der Waals surface area (Å²) in [7, 11) is 0. The number of H-pyrrole nitrogens is 1. The van der Waals surface area contributed by atoms with Crippen molar-refractivity contribution in [2.45, 2.75) is 32.6 Å². The highest BCUT2D eigenvalue weighted by molar-refractivity contribution is 6.04. The summed E-state index contributed by atoms with van der Waals surface area (Å²) in [5.74, 6) is -1.14. The van der Waals surface area contributed by atoms with Crippen LogP contribution in [-0.2, 0) is 17.6 Å². The van der Waals surface area contributed by atoms with Crippen LogP contribution in [0.3, 0.4) is 0 Å². The molecule has 0 aliphatic heterocycles. The van der Waals surface area contributed by atoms with E-state index < -0.39 is 18.5 Å². The van der Waals surface area contributed by atoms with Crippen LogP contribution in [0.25, 0.3) is 0 Å². The summed E-state index contributed by atoms with van der Waals surface area (Å²) < 4.78 is 5.11. The highest BCUT2D eigenvalue weighted by atomic mass is 16.5. The summed E-state index contributed by atoms with van der Waals surface area (Å²) >= 11 is 0. The molecule has 0 spiro atoms. The maximum atomic E-state index is 12.5. The summed E-state index contributed by atoms with van der Waals surface area (Å²) in [5, 5.41) is 11.4. The van der Waals surface area contributed by atoms with Gasteiger partial charge in [0.1, 0.15) is 11.3 Å². The minimum absolute atomic E-state index is 0.0938. The molecule has 1 heterocycles. The highest BCUT2D eigenvalue weighted by Crippen LogP contribution is 2.23. The zero-order valence-corrected chi connectivity index (χ0v) is 14.4. The van der Waals surface area contributed by atoms with Crippen molar-refractivity contribution in [3.8, 4) is 5.75 Å². The SMILES string of the molecule is Cc1cc(OCC(=O)O)ccc1NC(=O)c1cc2c([nH]c1=O)CCCC2. The molecule has 7 nitrogen and oxygen atoms in total. The van der Waals surface area contributed by atoms with Crippen molar-refractivity contribution >= 4 is 17.6 Å². The van der Waals surface area contributed by atoms with Crippen LogP contribution in [0.15, 0.2) is 29.1 Å². The molecule has 0 saturated carbocycles. The number of carboxylic acid groups (broad SMARTS) is 1. The van der Waals surface area contributed by atoms with Gasteiger partial charge in [0.2, 0.25) is 0 Å². The monoisotopic (exact) mass is 356 g/mol. The standard InChI is InChI=1S/C19H20N2O5/c1-11-8-13(26-10-17(22)23)6-7-15(11)20-18(24)14-9-12-4-2-3-5-16(12)21-19(14)25/h6-9H,2-5,10H2,1H3,(H,20,24)(H,21,25)(H,22,23). The summed E-state index contributed by atoms with van der Waals surface area (Å²) in [6.07, 6.45) is 3.80. The third kappa shape index (κ3) is 3.93. The van der Waals surface area contributed by atoms with E-state index in [0.717, 1.165) is 36.9 Å². The van der Waals surface area contributed by atoms with Gasteiger partial charge in [-0.1, -0.05) is 0 Å². The number of pyridine rings is 1. The van der Waals surface area contributed by atoms with Crippen LogP contribution >= 0.6 is 0 Å². The average molecular weight is 356 g/mol. The zero-order chi connectivity index (χ0) is 18.7. The maximum absolute atomic E-state index is 12.5. The van der Waals surface area contributed by atoms with E-state index in [2.05, 4.69) is 10.3 Å². The van der Waals surface area contributed by atoms with Gasteiger partial charge in [-0.3, -0.25) is 9.59 Å². The van der Waals surface area contributed by atoms with E-state index in [1.165, 1.54) is 0 Å². The number of aromatic amines is 1. The molecule has 2 aromatic rings. The van der Waals surface area contributed by atoms with E-state index in [1.807, 2.05) is 0 Å². The quantitative estimate of drug-likeness (QED) is 0.762. The van der Waals surface area contributed by atoms with Crippen LogP contribution in [0.2, 0.25) is 0 Å². The van der Waals surface area contributed by atoms with Gasteiger partial charge in [-0.2, -0.15) is 0 Å². The van der Waals surface area contributed by atoms with Gasteiger partial charge in [-0.05, 0) is 68.0 Å². The molecule has 0 unspecified atom stereocenters. The first-order valence-electron chi connectivity index (χ1n) is 8.45. The minimum atomic E-state index is -1.06. The van der Waals surface area contributed by atoms with Crippen LogP contribution in [0.1, 0.15) is 40.0 Å². The van der Waals surface area contributed by atoms with Crippen molar-refractivity contribution in [3.63, 3.8) is 0 Å². The number of aromatic nitrogens is 1. The number of carbonyl (C=O) groups excluding carboxylic acids is 1.